The van der Waals surface area contributed by atoms with Gasteiger partial charge in [0.05, 0.1) is 10.5 Å². The van der Waals surface area contributed by atoms with Gasteiger partial charge in [0, 0.05) is 38.9 Å². The third kappa shape index (κ3) is 5.66. The molecule has 0 aromatic heterocycles. The fourth-order valence-corrected chi connectivity index (χ4v) is 5.12. The number of carbonyl (C=O) groups excluding carboxylic acids is 1. The van der Waals surface area contributed by atoms with Gasteiger partial charge in [-0.2, -0.15) is 17.5 Å². The molecule has 1 aliphatic heterocycles. The minimum atomic E-state index is -4.55. The Hall–Kier alpha value is -1.81. The molecular formula is C20H30F3N3O3S. The van der Waals surface area contributed by atoms with Gasteiger partial charge in [-0.1, -0.05) is 20.8 Å². The molecule has 0 unspecified atom stereocenters. The molecule has 1 aliphatic rings. The maximum atomic E-state index is 12.9. The van der Waals surface area contributed by atoms with Crippen LogP contribution >= 0.6 is 0 Å². The third-order valence-corrected chi connectivity index (χ3v) is 7.47. The van der Waals surface area contributed by atoms with Crippen molar-refractivity contribution >= 4 is 21.6 Å². The molecule has 170 valence electrons. The van der Waals surface area contributed by atoms with Gasteiger partial charge in [0.25, 0.3) is 5.91 Å². The second-order valence-corrected chi connectivity index (χ2v) is 9.65. The zero-order chi connectivity index (χ0) is 22.7. The van der Waals surface area contributed by atoms with E-state index in [-0.39, 0.29) is 23.5 Å². The van der Waals surface area contributed by atoms with Crippen molar-refractivity contribution in [2.24, 2.45) is 5.92 Å². The maximum absolute atomic E-state index is 12.9. The number of piperidine rings is 1. The summed E-state index contributed by atoms with van der Waals surface area (Å²) in [6.07, 6.45) is -2.76. The molecule has 0 bridgehead atoms. The molecule has 1 amide bonds. The number of hydrogen-bond acceptors (Lipinski definition) is 4. The molecule has 30 heavy (non-hydrogen) atoms. The van der Waals surface area contributed by atoms with E-state index < -0.39 is 28.7 Å². The first-order chi connectivity index (χ1) is 13.9. The van der Waals surface area contributed by atoms with Gasteiger partial charge in [-0.15, -0.1) is 0 Å². The highest BCUT2D eigenvalue weighted by atomic mass is 32.2. The Morgan fingerprint density at radius 2 is 1.73 bits per heavy atom. The van der Waals surface area contributed by atoms with E-state index in [0.29, 0.717) is 29.6 Å². The van der Waals surface area contributed by atoms with E-state index >= 15 is 0 Å². The molecule has 2 rings (SSSR count). The number of alkyl halides is 3. The van der Waals surface area contributed by atoms with E-state index in [1.54, 1.807) is 19.9 Å². The Bertz CT molecular complexity index is 847. The van der Waals surface area contributed by atoms with Crippen LogP contribution in [0.5, 0.6) is 0 Å². The third-order valence-electron chi connectivity index (χ3n) is 5.43. The predicted octanol–water partition coefficient (Wildman–Crippen LogP) is 3.59. The van der Waals surface area contributed by atoms with Crippen molar-refractivity contribution in [3.63, 3.8) is 0 Å². The molecule has 1 fully saturated rings. The Morgan fingerprint density at radius 3 is 2.23 bits per heavy atom. The number of nitrogens with zero attached hydrogens (tertiary/aromatic N) is 3. The van der Waals surface area contributed by atoms with Gasteiger partial charge in [0.1, 0.15) is 6.54 Å². The first kappa shape index (κ1) is 24.5. The SMILES string of the molecule is CCN(CC)S(=O)(=O)c1ccc(N2CCC(C)CC2)c(C(=O)N(C)CC(F)(F)F)c1. The van der Waals surface area contributed by atoms with Gasteiger partial charge in [0.15, 0.2) is 0 Å². The molecule has 0 atom stereocenters. The summed E-state index contributed by atoms with van der Waals surface area (Å²) in [5, 5.41) is 0. The van der Waals surface area contributed by atoms with E-state index in [2.05, 4.69) is 6.92 Å². The first-order valence-electron chi connectivity index (χ1n) is 10.1. The summed E-state index contributed by atoms with van der Waals surface area (Å²) in [4.78, 5) is 15.4. The molecule has 1 aromatic carbocycles. The maximum Gasteiger partial charge on any atom is 0.406 e. The molecule has 1 heterocycles. The van der Waals surface area contributed by atoms with Crippen molar-refractivity contribution in [1.29, 1.82) is 0 Å². The second kappa shape index (κ2) is 9.55. The lowest BCUT2D eigenvalue weighted by Gasteiger charge is -2.34. The smallest absolute Gasteiger partial charge is 0.371 e. The van der Waals surface area contributed by atoms with Crippen LogP contribution in [0.2, 0.25) is 0 Å². The highest BCUT2D eigenvalue weighted by molar-refractivity contribution is 7.89. The van der Waals surface area contributed by atoms with E-state index in [0.717, 1.165) is 19.9 Å². The number of hydrogen-bond donors (Lipinski definition) is 0. The molecule has 10 heteroatoms. The minimum Gasteiger partial charge on any atom is -0.371 e. The number of sulfonamides is 1. The van der Waals surface area contributed by atoms with Gasteiger partial charge in [-0.3, -0.25) is 4.79 Å². The summed E-state index contributed by atoms with van der Waals surface area (Å²) in [6, 6.07) is 4.19. The number of carbonyl (C=O) groups is 1. The van der Waals surface area contributed by atoms with E-state index in [1.807, 2.05) is 4.90 Å². The number of halogens is 3. The topological polar surface area (TPSA) is 60.9 Å². The standard InChI is InChI=1S/C20H30F3N3O3S/c1-5-26(6-2)30(28,29)16-7-8-18(25-11-9-15(3)10-12-25)17(13-16)19(27)24(4)14-20(21,22)23/h7-8,13,15H,5-6,9-12,14H2,1-4H3. The van der Waals surface area contributed by atoms with E-state index in [9.17, 15) is 26.4 Å². The van der Waals surface area contributed by atoms with Crippen LogP contribution in [-0.4, -0.2) is 69.5 Å². The van der Waals surface area contributed by atoms with Crippen LogP contribution in [0.4, 0.5) is 18.9 Å². The van der Waals surface area contributed by atoms with Crippen LogP contribution in [0.3, 0.4) is 0 Å². The molecule has 1 aromatic rings. The zero-order valence-corrected chi connectivity index (χ0v) is 18.7. The van der Waals surface area contributed by atoms with Crippen molar-refractivity contribution in [3.05, 3.63) is 23.8 Å². The molecule has 6 nitrogen and oxygen atoms in total. The highest BCUT2D eigenvalue weighted by Gasteiger charge is 2.33. The lowest BCUT2D eigenvalue weighted by molar-refractivity contribution is -0.138. The Morgan fingerprint density at radius 1 is 1.17 bits per heavy atom. The average molecular weight is 450 g/mol. The average Bonchev–Trinajstić information content (AvgIpc) is 2.67. The van der Waals surface area contributed by atoms with Crippen molar-refractivity contribution in [3.8, 4) is 0 Å². The van der Waals surface area contributed by atoms with Gasteiger partial charge in [0.2, 0.25) is 10.0 Å². The summed E-state index contributed by atoms with van der Waals surface area (Å²) >= 11 is 0. The Kier molecular flexibility index (Phi) is 7.79. The van der Waals surface area contributed by atoms with Gasteiger partial charge in [-0.25, -0.2) is 8.42 Å². The minimum absolute atomic E-state index is 0.0236. The monoisotopic (exact) mass is 449 g/mol. The van der Waals surface area contributed by atoms with Gasteiger partial charge < -0.3 is 9.80 Å². The van der Waals surface area contributed by atoms with Crippen molar-refractivity contribution in [2.45, 2.75) is 44.7 Å². The van der Waals surface area contributed by atoms with Gasteiger partial charge >= 0.3 is 6.18 Å². The van der Waals surface area contributed by atoms with Crippen LogP contribution in [0.25, 0.3) is 0 Å². The second-order valence-electron chi connectivity index (χ2n) is 7.71. The number of anilines is 1. The van der Waals surface area contributed by atoms with E-state index in [1.165, 1.54) is 16.4 Å². The fraction of sp³-hybridized carbons (Fsp3) is 0.650. The predicted molar refractivity (Wildman–Crippen MR) is 110 cm³/mol. The van der Waals surface area contributed by atoms with Crippen molar-refractivity contribution in [2.75, 3.05) is 44.7 Å². The zero-order valence-electron chi connectivity index (χ0n) is 17.9. The Balaban J connectivity index is 2.51. The number of rotatable bonds is 7. The lowest BCUT2D eigenvalue weighted by atomic mass is 9.98. The first-order valence-corrected chi connectivity index (χ1v) is 11.6. The quantitative estimate of drug-likeness (QED) is 0.638. The summed E-state index contributed by atoms with van der Waals surface area (Å²) in [5.41, 5.74) is 0.448. The highest BCUT2D eigenvalue weighted by Crippen LogP contribution is 2.30. The molecule has 0 radical (unpaired) electrons. The molecule has 0 spiro atoms. The lowest BCUT2D eigenvalue weighted by Crippen LogP contribution is -2.38. The molecular weight excluding hydrogens is 419 g/mol. The normalized spacial score (nSPS) is 16.2. The largest absolute Gasteiger partial charge is 0.406 e. The Labute approximate surface area is 176 Å². The number of amides is 1. The van der Waals surface area contributed by atoms with E-state index in [4.69, 9.17) is 0 Å². The summed E-state index contributed by atoms with van der Waals surface area (Å²) < 4.78 is 65.6. The summed E-state index contributed by atoms with van der Waals surface area (Å²) in [5.74, 6) is -0.326. The molecule has 1 saturated heterocycles. The van der Waals surface area contributed by atoms with Crippen LogP contribution in [0.1, 0.15) is 44.0 Å². The van der Waals surface area contributed by atoms with Crippen LogP contribution in [0.15, 0.2) is 23.1 Å². The van der Waals surface area contributed by atoms with Crippen LogP contribution < -0.4 is 4.90 Å². The molecule has 0 aliphatic carbocycles. The van der Waals surface area contributed by atoms with Crippen LogP contribution in [-0.2, 0) is 10.0 Å². The van der Waals surface area contributed by atoms with Crippen molar-refractivity contribution in [1.82, 2.24) is 9.21 Å². The fourth-order valence-electron chi connectivity index (χ4n) is 3.63. The summed E-state index contributed by atoms with van der Waals surface area (Å²) in [6.45, 7) is 5.94. The van der Waals surface area contributed by atoms with Gasteiger partial charge in [-0.05, 0) is 37.0 Å². The molecule has 0 saturated carbocycles. The molecule has 0 N–H and O–H groups in total. The summed E-state index contributed by atoms with van der Waals surface area (Å²) in [7, 11) is -2.78. The number of benzene rings is 1. The van der Waals surface area contributed by atoms with Crippen molar-refractivity contribution < 1.29 is 26.4 Å². The van der Waals surface area contributed by atoms with Crippen LogP contribution in [0, 0.1) is 5.92 Å².